The van der Waals surface area contributed by atoms with Gasteiger partial charge in [-0.2, -0.15) is 0 Å². The number of benzene rings is 2. The molecule has 0 aromatic heterocycles. The first-order valence-corrected chi connectivity index (χ1v) is 7.65. The molecule has 0 bridgehead atoms. The van der Waals surface area contributed by atoms with Crippen molar-refractivity contribution >= 4 is 17.5 Å². The number of rotatable bonds is 5. The first-order chi connectivity index (χ1) is 11.0. The van der Waals surface area contributed by atoms with Crippen molar-refractivity contribution in [1.82, 2.24) is 5.32 Å². The lowest BCUT2D eigenvalue weighted by Crippen LogP contribution is -2.29. The second-order valence-electron chi connectivity index (χ2n) is 5.73. The van der Waals surface area contributed by atoms with E-state index in [9.17, 15) is 9.59 Å². The van der Waals surface area contributed by atoms with Crippen LogP contribution >= 0.6 is 0 Å². The van der Waals surface area contributed by atoms with E-state index in [1.54, 1.807) is 0 Å². The zero-order valence-corrected chi connectivity index (χ0v) is 13.7. The summed E-state index contributed by atoms with van der Waals surface area (Å²) in [6.45, 7) is 5.41. The van der Waals surface area contributed by atoms with Crippen LogP contribution in [0, 0.1) is 13.8 Å². The number of carbonyl (C=O) groups excluding carboxylic acids is 2. The first kappa shape index (κ1) is 16.7. The maximum Gasteiger partial charge on any atom is 0.226 e. The Kier molecular flexibility index (Phi) is 5.52. The third-order valence-corrected chi connectivity index (χ3v) is 3.67. The van der Waals surface area contributed by atoms with Gasteiger partial charge in [-0.25, -0.2) is 0 Å². The molecule has 4 heteroatoms. The highest BCUT2D eigenvalue weighted by Crippen LogP contribution is 2.20. The highest BCUT2D eigenvalue weighted by molar-refractivity contribution is 5.92. The highest BCUT2D eigenvalue weighted by Gasteiger charge is 2.17. The van der Waals surface area contributed by atoms with Gasteiger partial charge in [0.1, 0.15) is 0 Å². The molecule has 2 N–H and O–H groups in total. The quantitative estimate of drug-likeness (QED) is 0.888. The fraction of sp³-hybridized carbons (Fsp3) is 0.263. The number of anilines is 1. The predicted octanol–water partition coefficient (Wildman–Crippen LogP) is 3.51. The van der Waals surface area contributed by atoms with E-state index in [0.717, 1.165) is 22.4 Å². The highest BCUT2D eigenvalue weighted by atomic mass is 16.2. The lowest BCUT2D eigenvalue weighted by molar-refractivity contribution is -0.120. The summed E-state index contributed by atoms with van der Waals surface area (Å²) in [5.41, 5.74) is 3.86. The minimum absolute atomic E-state index is 0.126. The topological polar surface area (TPSA) is 58.2 Å². The summed E-state index contributed by atoms with van der Waals surface area (Å²) >= 11 is 0. The lowest BCUT2D eigenvalue weighted by atomic mass is 10.0. The van der Waals surface area contributed by atoms with E-state index in [4.69, 9.17) is 0 Å². The average Bonchev–Trinajstić information content (AvgIpc) is 2.49. The molecule has 0 saturated carbocycles. The fourth-order valence-corrected chi connectivity index (χ4v) is 2.40. The van der Waals surface area contributed by atoms with Gasteiger partial charge in [0.15, 0.2) is 0 Å². The van der Waals surface area contributed by atoms with Crippen molar-refractivity contribution in [3.05, 3.63) is 65.2 Å². The Bertz CT molecular complexity index is 693. The molecule has 0 aliphatic rings. The van der Waals surface area contributed by atoms with Gasteiger partial charge < -0.3 is 10.6 Å². The van der Waals surface area contributed by atoms with Gasteiger partial charge in [-0.1, -0.05) is 48.0 Å². The van der Waals surface area contributed by atoms with Gasteiger partial charge in [-0.05, 0) is 31.0 Å². The summed E-state index contributed by atoms with van der Waals surface area (Å²) < 4.78 is 0. The third kappa shape index (κ3) is 4.95. The van der Waals surface area contributed by atoms with Crippen LogP contribution in [0.1, 0.15) is 36.1 Å². The van der Waals surface area contributed by atoms with Crippen LogP contribution in [-0.2, 0) is 9.59 Å². The molecule has 23 heavy (non-hydrogen) atoms. The van der Waals surface area contributed by atoms with Crippen molar-refractivity contribution in [2.75, 3.05) is 5.32 Å². The van der Waals surface area contributed by atoms with Crippen LogP contribution in [0.3, 0.4) is 0 Å². The number of amides is 2. The second kappa shape index (κ2) is 7.58. The molecule has 2 aromatic carbocycles. The maximum absolute atomic E-state index is 12.3. The molecule has 0 radical (unpaired) electrons. The first-order valence-electron chi connectivity index (χ1n) is 7.65. The Morgan fingerprint density at radius 2 is 1.65 bits per heavy atom. The number of para-hydroxylation sites is 1. The molecule has 120 valence electrons. The van der Waals surface area contributed by atoms with Crippen molar-refractivity contribution in [2.45, 2.75) is 33.2 Å². The van der Waals surface area contributed by atoms with Crippen molar-refractivity contribution in [3.63, 3.8) is 0 Å². The summed E-state index contributed by atoms with van der Waals surface area (Å²) in [4.78, 5) is 23.8. The van der Waals surface area contributed by atoms with Crippen molar-refractivity contribution in [1.29, 1.82) is 0 Å². The summed E-state index contributed by atoms with van der Waals surface area (Å²) in [7, 11) is 0. The zero-order chi connectivity index (χ0) is 16.8. The number of nitrogens with one attached hydrogen (secondary N) is 2. The maximum atomic E-state index is 12.3. The van der Waals surface area contributed by atoms with Gasteiger partial charge in [0.2, 0.25) is 11.8 Å². The van der Waals surface area contributed by atoms with Crippen LogP contribution in [0.15, 0.2) is 48.5 Å². The Balaban J connectivity index is 2.11. The molecule has 1 atom stereocenters. The van der Waals surface area contributed by atoms with E-state index < -0.39 is 0 Å². The standard InChI is InChI=1S/C19H22N2O2/c1-13-8-10-16(11-9-13)18(20-15(3)22)12-19(23)21-17-7-5-4-6-14(17)2/h4-11,18H,12H2,1-3H3,(H,20,22)(H,21,23). The molecule has 0 heterocycles. The van der Waals surface area contributed by atoms with Crippen molar-refractivity contribution in [2.24, 2.45) is 0 Å². The molecular weight excluding hydrogens is 288 g/mol. The third-order valence-electron chi connectivity index (χ3n) is 3.67. The smallest absolute Gasteiger partial charge is 0.226 e. The predicted molar refractivity (Wildman–Crippen MR) is 92.2 cm³/mol. The minimum atomic E-state index is -0.336. The Morgan fingerprint density at radius 1 is 1.00 bits per heavy atom. The average molecular weight is 310 g/mol. The number of aryl methyl sites for hydroxylation is 2. The van der Waals surface area contributed by atoms with Crippen LogP contribution in [0.25, 0.3) is 0 Å². The van der Waals surface area contributed by atoms with Crippen LogP contribution in [0.5, 0.6) is 0 Å². The molecule has 0 fully saturated rings. The van der Waals surface area contributed by atoms with E-state index in [2.05, 4.69) is 10.6 Å². The van der Waals surface area contributed by atoms with E-state index in [-0.39, 0.29) is 24.3 Å². The lowest BCUT2D eigenvalue weighted by Gasteiger charge is -2.18. The van der Waals surface area contributed by atoms with Crippen LogP contribution in [-0.4, -0.2) is 11.8 Å². The fourth-order valence-electron chi connectivity index (χ4n) is 2.40. The van der Waals surface area contributed by atoms with Gasteiger partial charge >= 0.3 is 0 Å². The van der Waals surface area contributed by atoms with Crippen LogP contribution < -0.4 is 10.6 Å². The molecule has 0 aliphatic heterocycles. The van der Waals surface area contributed by atoms with E-state index >= 15 is 0 Å². The Morgan fingerprint density at radius 3 is 2.26 bits per heavy atom. The minimum Gasteiger partial charge on any atom is -0.349 e. The van der Waals surface area contributed by atoms with Crippen molar-refractivity contribution < 1.29 is 9.59 Å². The Hall–Kier alpha value is -2.62. The molecule has 0 saturated heterocycles. The summed E-state index contributed by atoms with van der Waals surface area (Å²) in [5.74, 6) is -0.280. The van der Waals surface area contributed by atoms with Gasteiger partial charge in [-0.3, -0.25) is 9.59 Å². The Labute approximate surface area is 136 Å². The molecular formula is C19H22N2O2. The van der Waals surface area contributed by atoms with Gasteiger partial charge in [0.25, 0.3) is 0 Å². The SMILES string of the molecule is CC(=O)NC(CC(=O)Nc1ccccc1C)c1ccc(C)cc1. The zero-order valence-electron chi connectivity index (χ0n) is 13.7. The number of hydrogen-bond acceptors (Lipinski definition) is 2. The molecule has 1 unspecified atom stereocenters. The summed E-state index contributed by atoms with van der Waals surface area (Å²) in [6, 6.07) is 15.1. The van der Waals surface area contributed by atoms with Gasteiger partial charge in [0, 0.05) is 12.6 Å². The number of carbonyl (C=O) groups is 2. The summed E-state index contributed by atoms with van der Waals surface area (Å²) in [5, 5.41) is 5.75. The largest absolute Gasteiger partial charge is 0.349 e. The molecule has 2 rings (SSSR count). The van der Waals surface area contributed by atoms with Crippen LogP contribution in [0.4, 0.5) is 5.69 Å². The molecule has 2 aromatic rings. The molecule has 2 amide bonds. The van der Waals surface area contributed by atoms with Gasteiger partial charge in [-0.15, -0.1) is 0 Å². The van der Waals surface area contributed by atoms with E-state index in [1.807, 2.05) is 62.4 Å². The second-order valence-corrected chi connectivity index (χ2v) is 5.73. The molecule has 0 spiro atoms. The normalized spacial score (nSPS) is 11.6. The molecule has 0 aliphatic carbocycles. The van der Waals surface area contributed by atoms with Crippen LogP contribution in [0.2, 0.25) is 0 Å². The van der Waals surface area contributed by atoms with E-state index in [0.29, 0.717) is 0 Å². The van der Waals surface area contributed by atoms with Gasteiger partial charge in [0.05, 0.1) is 12.5 Å². The van der Waals surface area contributed by atoms with E-state index in [1.165, 1.54) is 6.92 Å². The number of hydrogen-bond donors (Lipinski definition) is 2. The van der Waals surface area contributed by atoms with Crippen molar-refractivity contribution in [3.8, 4) is 0 Å². The monoisotopic (exact) mass is 310 g/mol. The summed E-state index contributed by atoms with van der Waals surface area (Å²) in [6.07, 6.45) is 0.191. The molecule has 4 nitrogen and oxygen atoms in total.